The first-order chi connectivity index (χ1) is 12.1. The minimum absolute atomic E-state index is 0.146. The molecule has 0 unspecified atom stereocenters. The van der Waals surface area contributed by atoms with Crippen LogP contribution in [0.1, 0.15) is 24.5 Å². The summed E-state index contributed by atoms with van der Waals surface area (Å²) in [5.74, 6) is -1.11. The zero-order chi connectivity index (χ0) is 18.1. The molecule has 25 heavy (non-hydrogen) atoms. The van der Waals surface area contributed by atoms with Crippen molar-refractivity contribution in [2.75, 3.05) is 6.61 Å². The highest BCUT2D eigenvalue weighted by Crippen LogP contribution is 2.24. The summed E-state index contributed by atoms with van der Waals surface area (Å²) in [6.45, 7) is 1.85. The van der Waals surface area contributed by atoms with Gasteiger partial charge in [0.25, 0.3) is 0 Å². The molecule has 0 saturated heterocycles. The quantitative estimate of drug-likeness (QED) is 0.806. The number of ether oxygens (including phenoxy) is 1. The summed E-state index contributed by atoms with van der Waals surface area (Å²) in [4.78, 5) is 23.0. The highest BCUT2D eigenvalue weighted by atomic mass is 16.5. The fourth-order valence-corrected chi connectivity index (χ4v) is 2.41. The second-order valence-electron chi connectivity index (χ2n) is 5.34. The molecule has 0 aliphatic carbocycles. The molecule has 0 fully saturated rings. The number of amides is 1. The number of benzene rings is 2. The van der Waals surface area contributed by atoms with Crippen LogP contribution in [-0.2, 0) is 9.53 Å². The fourth-order valence-electron chi connectivity index (χ4n) is 2.41. The molecule has 0 radical (unpaired) electrons. The SMILES string of the molecule is CCOC(=O)N[C@@H](CC=C(c1ccccc1)c1ccccc1)C(=O)O. The number of carbonyl (C=O) groups excluding carboxylic acids is 1. The van der Waals surface area contributed by atoms with E-state index in [0.29, 0.717) is 0 Å². The van der Waals surface area contributed by atoms with E-state index < -0.39 is 18.1 Å². The molecule has 0 aromatic heterocycles. The van der Waals surface area contributed by atoms with Gasteiger partial charge in [-0.1, -0.05) is 66.7 Å². The van der Waals surface area contributed by atoms with Crippen LogP contribution in [-0.4, -0.2) is 29.8 Å². The Balaban J connectivity index is 2.27. The molecular weight excluding hydrogens is 318 g/mol. The number of carbonyl (C=O) groups is 2. The van der Waals surface area contributed by atoms with Gasteiger partial charge in [-0.25, -0.2) is 9.59 Å². The van der Waals surface area contributed by atoms with Crippen molar-refractivity contribution in [1.82, 2.24) is 5.32 Å². The Bertz CT molecular complexity index is 684. The number of alkyl carbamates (subject to hydrolysis) is 1. The smallest absolute Gasteiger partial charge is 0.407 e. The normalized spacial score (nSPS) is 11.2. The predicted molar refractivity (Wildman–Crippen MR) is 96.2 cm³/mol. The molecule has 0 bridgehead atoms. The minimum Gasteiger partial charge on any atom is -0.480 e. The summed E-state index contributed by atoms with van der Waals surface area (Å²) in [6, 6.07) is 18.4. The standard InChI is InChI=1S/C20H21NO4/c1-2-25-20(24)21-18(19(22)23)14-13-17(15-9-5-3-6-10-15)16-11-7-4-8-12-16/h3-13,18H,2,14H2,1H3,(H,21,24)(H,22,23)/t18-/m0/s1. The molecule has 2 aromatic rings. The summed E-state index contributed by atoms with van der Waals surface area (Å²) in [5.41, 5.74) is 2.88. The van der Waals surface area contributed by atoms with Crippen LogP contribution in [0.4, 0.5) is 4.79 Å². The second kappa shape index (κ2) is 9.27. The molecule has 0 saturated carbocycles. The van der Waals surface area contributed by atoms with E-state index >= 15 is 0 Å². The van der Waals surface area contributed by atoms with Gasteiger partial charge in [0.05, 0.1) is 6.61 Å². The largest absolute Gasteiger partial charge is 0.480 e. The average Bonchev–Trinajstić information content (AvgIpc) is 2.63. The maximum atomic E-state index is 11.5. The van der Waals surface area contributed by atoms with E-state index in [9.17, 15) is 14.7 Å². The number of aliphatic carboxylic acids is 1. The molecule has 0 aliphatic heterocycles. The topological polar surface area (TPSA) is 75.6 Å². The van der Waals surface area contributed by atoms with Crippen molar-refractivity contribution in [3.63, 3.8) is 0 Å². The van der Waals surface area contributed by atoms with Crippen LogP contribution in [0.2, 0.25) is 0 Å². The zero-order valence-electron chi connectivity index (χ0n) is 14.0. The van der Waals surface area contributed by atoms with Gasteiger partial charge in [-0.3, -0.25) is 0 Å². The molecule has 0 spiro atoms. The first-order valence-corrected chi connectivity index (χ1v) is 8.09. The lowest BCUT2D eigenvalue weighted by Gasteiger charge is -2.14. The van der Waals surface area contributed by atoms with Gasteiger partial charge in [0.1, 0.15) is 6.04 Å². The van der Waals surface area contributed by atoms with Gasteiger partial charge in [-0.2, -0.15) is 0 Å². The van der Waals surface area contributed by atoms with Crippen molar-refractivity contribution in [2.45, 2.75) is 19.4 Å². The molecular formula is C20H21NO4. The van der Waals surface area contributed by atoms with E-state index in [0.717, 1.165) is 16.7 Å². The molecule has 2 rings (SSSR count). The highest BCUT2D eigenvalue weighted by molar-refractivity contribution is 5.82. The molecule has 130 valence electrons. The van der Waals surface area contributed by atoms with Crippen molar-refractivity contribution >= 4 is 17.6 Å². The van der Waals surface area contributed by atoms with Gasteiger partial charge in [-0.05, 0) is 30.0 Å². The third-order valence-corrected chi connectivity index (χ3v) is 3.59. The third kappa shape index (κ3) is 5.49. The van der Waals surface area contributed by atoms with Crippen LogP contribution in [0.5, 0.6) is 0 Å². The van der Waals surface area contributed by atoms with Gasteiger partial charge in [0.15, 0.2) is 0 Å². The Morgan fingerprint density at radius 3 is 2.00 bits per heavy atom. The van der Waals surface area contributed by atoms with Crippen molar-refractivity contribution in [3.8, 4) is 0 Å². The van der Waals surface area contributed by atoms with E-state index in [1.165, 1.54) is 0 Å². The predicted octanol–water partition coefficient (Wildman–Crippen LogP) is 3.71. The number of carboxylic acid groups (broad SMARTS) is 1. The van der Waals surface area contributed by atoms with E-state index in [-0.39, 0.29) is 13.0 Å². The summed E-state index contributed by atoms with van der Waals surface area (Å²) in [6.07, 6.45) is 1.24. The molecule has 2 aromatic carbocycles. The van der Waals surface area contributed by atoms with Crippen LogP contribution in [0.25, 0.3) is 5.57 Å². The summed E-state index contributed by atoms with van der Waals surface area (Å²) in [7, 11) is 0. The van der Waals surface area contributed by atoms with Gasteiger partial charge < -0.3 is 15.2 Å². The summed E-state index contributed by atoms with van der Waals surface area (Å²) in [5, 5.41) is 11.7. The summed E-state index contributed by atoms with van der Waals surface area (Å²) >= 11 is 0. The zero-order valence-corrected chi connectivity index (χ0v) is 14.0. The number of hydrogen-bond acceptors (Lipinski definition) is 3. The van der Waals surface area contributed by atoms with Gasteiger partial charge >= 0.3 is 12.1 Å². The Labute approximate surface area is 146 Å². The van der Waals surface area contributed by atoms with Gasteiger partial charge in [0, 0.05) is 0 Å². The highest BCUT2D eigenvalue weighted by Gasteiger charge is 2.19. The molecule has 0 aliphatic rings. The molecule has 5 nitrogen and oxygen atoms in total. The molecule has 5 heteroatoms. The van der Waals surface area contributed by atoms with Gasteiger partial charge in [0.2, 0.25) is 0 Å². The Kier molecular flexibility index (Phi) is 6.77. The van der Waals surface area contributed by atoms with Crippen molar-refractivity contribution < 1.29 is 19.4 Å². The monoisotopic (exact) mass is 339 g/mol. The van der Waals surface area contributed by atoms with Crippen LogP contribution in [0.15, 0.2) is 66.7 Å². The first-order valence-electron chi connectivity index (χ1n) is 8.09. The van der Waals surface area contributed by atoms with E-state index in [1.807, 2.05) is 66.7 Å². The van der Waals surface area contributed by atoms with Crippen LogP contribution < -0.4 is 5.32 Å². The summed E-state index contributed by atoms with van der Waals surface area (Å²) < 4.78 is 4.76. The number of hydrogen-bond donors (Lipinski definition) is 2. The van der Waals surface area contributed by atoms with Crippen molar-refractivity contribution in [3.05, 3.63) is 77.9 Å². The third-order valence-electron chi connectivity index (χ3n) is 3.59. The van der Waals surface area contributed by atoms with E-state index in [2.05, 4.69) is 5.32 Å². The maximum absolute atomic E-state index is 11.5. The minimum atomic E-state index is -1.11. The van der Waals surface area contributed by atoms with Gasteiger partial charge in [-0.15, -0.1) is 0 Å². The molecule has 1 amide bonds. The number of carboxylic acids is 1. The maximum Gasteiger partial charge on any atom is 0.407 e. The Morgan fingerprint density at radius 1 is 1.04 bits per heavy atom. The van der Waals surface area contributed by atoms with Crippen molar-refractivity contribution in [2.24, 2.45) is 0 Å². The lowest BCUT2D eigenvalue weighted by atomic mass is 9.96. The Morgan fingerprint density at radius 2 is 1.56 bits per heavy atom. The van der Waals surface area contributed by atoms with Crippen LogP contribution in [0, 0.1) is 0 Å². The lowest BCUT2D eigenvalue weighted by Crippen LogP contribution is -2.40. The van der Waals surface area contributed by atoms with E-state index in [4.69, 9.17) is 4.74 Å². The number of nitrogens with one attached hydrogen (secondary N) is 1. The fraction of sp³-hybridized carbons (Fsp3) is 0.200. The van der Waals surface area contributed by atoms with Crippen LogP contribution >= 0.6 is 0 Å². The van der Waals surface area contributed by atoms with Crippen LogP contribution in [0.3, 0.4) is 0 Å². The lowest BCUT2D eigenvalue weighted by molar-refractivity contribution is -0.139. The molecule has 1 atom stereocenters. The molecule has 2 N–H and O–H groups in total. The number of rotatable bonds is 7. The first kappa shape index (κ1) is 18.3. The Hall–Kier alpha value is -3.08. The average molecular weight is 339 g/mol. The molecule has 0 heterocycles. The van der Waals surface area contributed by atoms with E-state index in [1.54, 1.807) is 6.92 Å². The van der Waals surface area contributed by atoms with Crippen molar-refractivity contribution in [1.29, 1.82) is 0 Å². The second-order valence-corrected chi connectivity index (χ2v) is 5.34.